The van der Waals surface area contributed by atoms with E-state index in [9.17, 15) is 9.59 Å². The summed E-state index contributed by atoms with van der Waals surface area (Å²) < 4.78 is 7.03. The minimum absolute atomic E-state index is 0.0654. The van der Waals surface area contributed by atoms with E-state index in [1.54, 1.807) is 19.1 Å². The van der Waals surface area contributed by atoms with Crippen LogP contribution in [0.1, 0.15) is 48.5 Å². The summed E-state index contributed by atoms with van der Waals surface area (Å²) in [6, 6.07) is 10.0. The maximum absolute atomic E-state index is 12.7. The van der Waals surface area contributed by atoms with E-state index in [4.69, 9.17) is 4.74 Å². The molecule has 0 atom stereocenters. The molecule has 0 aliphatic rings. The fourth-order valence-electron chi connectivity index (χ4n) is 3.28. The van der Waals surface area contributed by atoms with Crippen LogP contribution in [0, 0.1) is 6.92 Å². The Labute approximate surface area is 208 Å². The molecule has 0 fully saturated rings. The molecule has 0 unspecified atom stereocenters. The zero-order valence-corrected chi connectivity index (χ0v) is 21.8. The van der Waals surface area contributed by atoms with Crippen LogP contribution in [0.5, 0.6) is 0 Å². The number of hydrogen-bond donors (Lipinski definition) is 1. The van der Waals surface area contributed by atoms with Gasteiger partial charge in [-0.25, -0.2) is 4.79 Å². The first-order chi connectivity index (χ1) is 16.1. The van der Waals surface area contributed by atoms with E-state index >= 15 is 0 Å². The Bertz CT molecular complexity index is 1170. The number of anilines is 1. The van der Waals surface area contributed by atoms with E-state index in [1.165, 1.54) is 28.7 Å². The van der Waals surface area contributed by atoms with E-state index in [2.05, 4.69) is 55.0 Å². The summed E-state index contributed by atoms with van der Waals surface area (Å²) in [6.07, 6.45) is 1.78. The van der Waals surface area contributed by atoms with Crippen molar-refractivity contribution in [2.45, 2.75) is 51.7 Å². The largest absolute Gasteiger partial charge is 0.462 e. The average Bonchev–Trinajstić information content (AvgIpc) is 3.35. The SMILES string of the molecule is C=CCn1c(SCC(=O)Nc2sc(C)cc2C(=O)OCC)nnc1-c1ccc(C(C)(C)C)cc1. The molecule has 0 aliphatic carbocycles. The van der Waals surface area contributed by atoms with Crippen LogP contribution >= 0.6 is 23.1 Å². The van der Waals surface area contributed by atoms with Crippen molar-refractivity contribution in [2.24, 2.45) is 0 Å². The first kappa shape index (κ1) is 25.7. The quantitative estimate of drug-likeness (QED) is 0.231. The van der Waals surface area contributed by atoms with E-state index in [0.717, 1.165) is 16.3 Å². The Morgan fingerprint density at radius 3 is 2.56 bits per heavy atom. The highest BCUT2D eigenvalue weighted by Crippen LogP contribution is 2.30. The summed E-state index contributed by atoms with van der Waals surface area (Å²) in [5.74, 6) is 0.170. The third-order valence-electron chi connectivity index (χ3n) is 4.97. The molecule has 34 heavy (non-hydrogen) atoms. The van der Waals surface area contributed by atoms with Crippen molar-refractivity contribution in [3.63, 3.8) is 0 Å². The van der Waals surface area contributed by atoms with Gasteiger partial charge < -0.3 is 10.1 Å². The Morgan fingerprint density at radius 2 is 1.94 bits per heavy atom. The number of aromatic nitrogens is 3. The van der Waals surface area contributed by atoms with Crippen molar-refractivity contribution in [3.05, 3.63) is 59.0 Å². The summed E-state index contributed by atoms with van der Waals surface area (Å²) in [5.41, 5.74) is 2.63. The second-order valence-corrected chi connectivity index (χ2v) is 10.9. The topological polar surface area (TPSA) is 86.1 Å². The highest BCUT2D eigenvalue weighted by Gasteiger charge is 2.20. The summed E-state index contributed by atoms with van der Waals surface area (Å²) in [7, 11) is 0. The van der Waals surface area contributed by atoms with Crippen molar-refractivity contribution in [1.82, 2.24) is 14.8 Å². The number of amides is 1. The summed E-state index contributed by atoms with van der Waals surface area (Å²) in [4.78, 5) is 25.7. The van der Waals surface area contributed by atoms with Crippen LogP contribution in [-0.2, 0) is 21.5 Å². The predicted molar refractivity (Wildman–Crippen MR) is 139 cm³/mol. The van der Waals surface area contributed by atoms with E-state index in [-0.39, 0.29) is 23.7 Å². The lowest BCUT2D eigenvalue weighted by atomic mass is 9.87. The van der Waals surface area contributed by atoms with E-state index < -0.39 is 5.97 Å². The van der Waals surface area contributed by atoms with Gasteiger partial charge in [-0.15, -0.1) is 28.1 Å². The lowest BCUT2D eigenvalue weighted by molar-refractivity contribution is -0.113. The van der Waals surface area contributed by atoms with Crippen molar-refractivity contribution < 1.29 is 14.3 Å². The Morgan fingerprint density at radius 1 is 1.24 bits per heavy atom. The molecule has 0 saturated heterocycles. The third kappa shape index (κ3) is 6.15. The number of ether oxygens (including phenoxy) is 1. The summed E-state index contributed by atoms with van der Waals surface area (Å²) >= 11 is 2.63. The number of aryl methyl sites for hydroxylation is 1. The fraction of sp³-hybridized carbons (Fsp3) is 0.360. The van der Waals surface area contributed by atoms with Gasteiger partial charge in [-0.1, -0.05) is 62.9 Å². The number of nitrogens with one attached hydrogen (secondary N) is 1. The molecule has 9 heteroatoms. The van der Waals surface area contributed by atoms with Crippen LogP contribution in [0.25, 0.3) is 11.4 Å². The second-order valence-electron chi connectivity index (χ2n) is 8.69. The summed E-state index contributed by atoms with van der Waals surface area (Å²) in [5, 5.41) is 12.6. The smallest absolute Gasteiger partial charge is 0.341 e. The number of allylic oxidation sites excluding steroid dienone is 1. The summed E-state index contributed by atoms with van der Waals surface area (Å²) in [6.45, 7) is 14.8. The molecular formula is C25H30N4O3S2. The van der Waals surface area contributed by atoms with Gasteiger partial charge in [0.1, 0.15) is 5.00 Å². The molecule has 0 saturated carbocycles. The lowest BCUT2D eigenvalue weighted by Gasteiger charge is -2.19. The molecule has 0 bridgehead atoms. The van der Waals surface area contributed by atoms with Gasteiger partial charge in [0.05, 0.1) is 17.9 Å². The van der Waals surface area contributed by atoms with Crippen molar-refractivity contribution in [2.75, 3.05) is 17.7 Å². The van der Waals surface area contributed by atoms with Crippen molar-refractivity contribution in [1.29, 1.82) is 0 Å². The fourth-order valence-corrected chi connectivity index (χ4v) is 4.95. The van der Waals surface area contributed by atoms with Gasteiger partial charge in [0, 0.05) is 17.0 Å². The first-order valence-electron chi connectivity index (χ1n) is 11.0. The van der Waals surface area contributed by atoms with Crippen LogP contribution in [0.3, 0.4) is 0 Å². The number of carbonyl (C=O) groups is 2. The maximum Gasteiger partial charge on any atom is 0.341 e. The predicted octanol–water partition coefficient (Wildman–Crippen LogP) is 5.71. The molecule has 3 aromatic rings. The molecule has 3 rings (SSSR count). The van der Waals surface area contributed by atoms with Crippen LogP contribution in [0.15, 0.2) is 48.1 Å². The minimum atomic E-state index is -0.442. The normalized spacial score (nSPS) is 11.3. The molecule has 2 aromatic heterocycles. The van der Waals surface area contributed by atoms with E-state index in [0.29, 0.717) is 22.3 Å². The molecule has 1 aromatic carbocycles. The minimum Gasteiger partial charge on any atom is -0.462 e. The highest BCUT2D eigenvalue weighted by molar-refractivity contribution is 7.99. The molecule has 0 radical (unpaired) electrons. The van der Waals surface area contributed by atoms with Gasteiger partial charge in [0.2, 0.25) is 5.91 Å². The molecule has 180 valence electrons. The Balaban J connectivity index is 1.73. The first-order valence-corrected chi connectivity index (χ1v) is 12.8. The zero-order valence-electron chi connectivity index (χ0n) is 20.2. The average molecular weight is 499 g/mol. The third-order valence-corrected chi connectivity index (χ3v) is 6.91. The van der Waals surface area contributed by atoms with Gasteiger partial charge >= 0.3 is 5.97 Å². The number of thioether (sulfide) groups is 1. The standard InChI is InChI=1S/C25H30N4O3S2/c1-7-13-29-21(17-9-11-18(12-10-17)25(4,5)6)27-28-24(29)33-15-20(30)26-22-19(14-16(3)34-22)23(31)32-8-2/h7,9-12,14H,1,8,13,15H2,2-6H3,(H,26,30). The number of esters is 1. The maximum atomic E-state index is 12.7. The molecule has 7 nitrogen and oxygen atoms in total. The van der Waals surface area contributed by atoms with Gasteiger partial charge in [-0.3, -0.25) is 9.36 Å². The van der Waals surface area contributed by atoms with E-state index in [1.807, 2.05) is 23.6 Å². The molecule has 1 amide bonds. The molecule has 0 aliphatic heterocycles. The van der Waals surface area contributed by atoms with Crippen molar-refractivity contribution in [3.8, 4) is 11.4 Å². The number of carbonyl (C=O) groups excluding carboxylic acids is 2. The number of rotatable bonds is 9. The van der Waals surface area contributed by atoms with Gasteiger partial charge in [0.25, 0.3) is 0 Å². The molecule has 2 heterocycles. The van der Waals surface area contributed by atoms with Crippen molar-refractivity contribution >= 4 is 40.0 Å². The van der Waals surface area contributed by atoms with Crippen LogP contribution in [-0.4, -0.2) is 39.0 Å². The number of thiophene rings is 1. The van der Waals surface area contributed by atoms with Gasteiger partial charge in [-0.2, -0.15) is 0 Å². The van der Waals surface area contributed by atoms with Gasteiger partial charge in [-0.05, 0) is 30.9 Å². The molecule has 0 spiro atoms. The van der Waals surface area contributed by atoms with Crippen LogP contribution in [0.4, 0.5) is 5.00 Å². The number of hydrogen-bond acceptors (Lipinski definition) is 7. The molecular weight excluding hydrogens is 468 g/mol. The van der Waals surface area contributed by atoms with Gasteiger partial charge in [0.15, 0.2) is 11.0 Å². The zero-order chi connectivity index (χ0) is 24.9. The van der Waals surface area contributed by atoms with Crippen LogP contribution in [0.2, 0.25) is 0 Å². The van der Waals surface area contributed by atoms with Crippen LogP contribution < -0.4 is 5.32 Å². The molecule has 1 N–H and O–H groups in total. The Kier molecular flexibility index (Phi) is 8.33. The Hall–Kier alpha value is -2.91. The number of nitrogens with zero attached hydrogens (tertiary/aromatic N) is 3. The highest BCUT2D eigenvalue weighted by atomic mass is 32.2. The monoisotopic (exact) mass is 498 g/mol. The second kappa shape index (κ2) is 11.0. The number of benzene rings is 1. The lowest BCUT2D eigenvalue weighted by Crippen LogP contribution is -2.16.